The van der Waals surface area contributed by atoms with Gasteiger partial charge in [-0.25, -0.2) is 4.98 Å². The maximum atomic E-state index is 5.39. The van der Waals surface area contributed by atoms with Crippen LogP contribution in [0.2, 0.25) is 0 Å². The van der Waals surface area contributed by atoms with Crippen LogP contribution in [0.15, 0.2) is 103 Å². The lowest BCUT2D eigenvalue weighted by molar-refractivity contribution is 0.577. The average Bonchev–Trinajstić information content (AvgIpc) is 3.52. The molecule has 4 heteroatoms. The fourth-order valence-corrected chi connectivity index (χ4v) is 6.04. The first-order valence-electron chi connectivity index (χ1n) is 14.7. The van der Waals surface area contributed by atoms with Crippen molar-refractivity contribution in [3.63, 3.8) is 0 Å². The molecule has 4 aromatic heterocycles. The molecule has 0 atom stereocenters. The third-order valence-electron chi connectivity index (χ3n) is 8.27. The van der Waals surface area contributed by atoms with Gasteiger partial charge in [-0.05, 0) is 53.4 Å². The summed E-state index contributed by atoms with van der Waals surface area (Å²) in [4.78, 5) is 13.8. The van der Waals surface area contributed by atoms with Gasteiger partial charge in [-0.2, -0.15) is 0 Å². The largest absolute Gasteiger partial charge is 0.343 e. The maximum Gasteiger partial charge on any atom is 0.147 e. The zero-order valence-corrected chi connectivity index (χ0v) is 25.2. The molecule has 208 valence electrons. The van der Waals surface area contributed by atoms with Crippen molar-refractivity contribution in [3.05, 3.63) is 115 Å². The molecule has 7 rings (SSSR count). The van der Waals surface area contributed by atoms with Crippen molar-refractivity contribution >= 4 is 32.7 Å². The van der Waals surface area contributed by atoms with Gasteiger partial charge in [0.05, 0.1) is 16.9 Å². The summed E-state index contributed by atoms with van der Waals surface area (Å²) in [7, 11) is 0. The monoisotopic (exact) mass is 548 g/mol. The van der Waals surface area contributed by atoms with E-state index < -0.39 is 0 Å². The smallest absolute Gasteiger partial charge is 0.147 e. The lowest BCUT2D eigenvalue weighted by Gasteiger charge is -2.19. The van der Waals surface area contributed by atoms with Gasteiger partial charge in [-0.15, -0.1) is 0 Å². The highest BCUT2D eigenvalue weighted by Gasteiger charge is 2.25. The van der Waals surface area contributed by atoms with Crippen LogP contribution in [0, 0.1) is 0 Å². The van der Waals surface area contributed by atoms with E-state index in [9.17, 15) is 0 Å². The van der Waals surface area contributed by atoms with Crippen LogP contribution in [-0.2, 0) is 10.8 Å². The van der Waals surface area contributed by atoms with Crippen molar-refractivity contribution in [1.82, 2.24) is 19.5 Å². The Morgan fingerprint density at radius 1 is 0.595 bits per heavy atom. The number of benzene rings is 3. The minimum Gasteiger partial charge on any atom is -0.343 e. The minimum absolute atomic E-state index is 0.0412. The standard InChI is InChI=1S/C38H36N4/c1-37(2,3)26-17-20-33-30(23-26)29-18-19-32(25-13-11-12-24(22-25)31-16-9-10-21-39-31)40-35(29)42(33)36-28-15-8-7-14-27(28)34(41-36)38(4,5)6/h7-23,41H,1-6H3. The SMILES string of the molecule is CC(C)(C)c1ccc2c(c1)c1ccc(-c3cccc(-c4ccccn4)c3)nc1n2-c1[nH]c(C(C)(C)C)c2ccccc12. The number of nitrogens with one attached hydrogen (secondary N) is 1. The molecule has 7 aromatic rings. The number of nitrogens with zero attached hydrogens (tertiary/aromatic N) is 3. The number of hydrogen-bond donors (Lipinski definition) is 1. The molecule has 0 spiro atoms. The number of aromatic amines is 1. The summed E-state index contributed by atoms with van der Waals surface area (Å²) in [5.41, 5.74) is 8.68. The molecule has 0 unspecified atom stereocenters. The van der Waals surface area contributed by atoms with Gasteiger partial charge in [-0.3, -0.25) is 9.55 Å². The first-order chi connectivity index (χ1) is 20.1. The summed E-state index contributed by atoms with van der Waals surface area (Å²) in [5.74, 6) is 1.06. The molecule has 0 aliphatic carbocycles. The summed E-state index contributed by atoms with van der Waals surface area (Å²) in [6.07, 6.45) is 1.84. The Kier molecular flexibility index (Phi) is 5.88. The fraction of sp³-hybridized carbons (Fsp3) is 0.211. The zero-order valence-electron chi connectivity index (χ0n) is 25.2. The highest BCUT2D eigenvalue weighted by molar-refractivity contribution is 6.10. The van der Waals surface area contributed by atoms with E-state index in [1.165, 1.54) is 27.4 Å². The van der Waals surface area contributed by atoms with Gasteiger partial charge in [0.25, 0.3) is 0 Å². The molecule has 0 saturated carbocycles. The summed E-state index contributed by atoms with van der Waals surface area (Å²) in [6.45, 7) is 13.6. The molecular formula is C38H36N4. The molecule has 0 aliphatic rings. The molecule has 1 N–H and O–H groups in total. The Morgan fingerprint density at radius 3 is 2.05 bits per heavy atom. The van der Waals surface area contributed by atoms with Gasteiger partial charge in [0, 0.05) is 50.0 Å². The first kappa shape index (κ1) is 26.2. The molecule has 0 aliphatic heterocycles. The van der Waals surface area contributed by atoms with Crippen LogP contribution in [-0.4, -0.2) is 19.5 Å². The second-order valence-corrected chi connectivity index (χ2v) is 13.3. The van der Waals surface area contributed by atoms with Gasteiger partial charge >= 0.3 is 0 Å². The molecule has 4 nitrogen and oxygen atoms in total. The predicted octanol–water partition coefficient (Wildman–Crippen LogP) is 9.98. The average molecular weight is 549 g/mol. The topological polar surface area (TPSA) is 46.5 Å². The first-order valence-corrected chi connectivity index (χ1v) is 14.7. The van der Waals surface area contributed by atoms with E-state index in [-0.39, 0.29) is 10.8 Å². The number of aromatic nitrogens is 4. The molecule has 42 heavy (non-hydrogen) atoms. The molecule has 0 saturated heterocycles. The number of rotatable bonds is 3. The molecule has 3 aromatic carbocycles. The van der Waals surface area contributed by atoms with E-state index in [2.05, 4.69) is 135 Å². The molecule has 4 heterocycles. The van der Waals surface area contributed by atoms with Crippen LogP contribution in [0.5, 0.6) is 0 Å². The predicted molar refractivity (Wildman–Crippen MR) is 176 cm³/mol. The van der Waals surface area contributed by atoms with Crippen LogP contribution < -0.4 is 0 Å². The Balaban J connectivity index is 1.53. The van der Waals surface area contributed by atoms with Crippen LogP contribution in [0.1, 0.15) is 52.8 Å². The van der Waals surface area contributed by atoms with Gasteiger partial charge < -0.3 is 4.98 Å². The minimum atomic E-state index is -0.0412. The third kappa shape index (κ3) is 4.30. The number of fused-ring (bicyclic) bond motifs is 4. The summed E-state index contributed by atoms with van der Waals surface area (Å²) in [5, 5.41) is 4.82. The number of pyridine rings is 2. The van der Waals surface area contributed by atoms with Gasteiger partial charge in [-0.1, -0.05) is 96.1 Å². The van der Waals surface area contributed by atoms with E-state index in [0.29, 0.717) is 0 Å². The third-order valence-corrected chi connectivity index (χ3v) is 8.27. The fourth-order valence-electron chi connectivity index (χ4n) is 6.04. The molecule has 0 fully saturated rings. The Morgan fingerprint density at radius 2 is 1.33 bits per heavy atom. The van der Waals surface area contributed by atoms with Crippen LogP contribution in [0.25, 0.3) is 61.0 Å². The van der Waals surface area contributed by atoms with Crippen molar-refractivity contribution in [3.8, 4) is 28.3 Å². The molecule has 0 bridgehead atoms. The van der Waals surface area contributed by atoms with E-state index in [4.69, 9.17) is 4.98 Å². The Bertz CT molecular complexity index is 2100. The highest BCUT2D eigenvalue weighted by atomic mass is 15.1. The molecule has 0 radical (unpaired) electrons. The molecule has 0 amide bonds. The van der Waals surface area contributed by atoms with Crippen LogP contribution >= 0.6 is 0 Å². The summed E-state index contributed by atoms with van der Waals surface area (Å²) in [6, 6.07) is 34.5. The highest BCUT2D eigenvalue weighted by Crippen LogP contribution is 2.40. The van der Waals surface area contributed by atoms with Gasteiger partial charge in [0.15, 0.2) is 0 Å². The van der Waals surface area contributed by atoms with E-state index in [1.54, 1.807) is 0 Å². The lowest BCUT2D eigenvalue weighted by Crippen LogP contribution is -2.12. The van der Waals surface area contributed by atoms with Crippen molar-refractivity contribution in [2.45, 2.75) is 52.4 Å². The summed E-state index contributed by atoms with van der Waals surface area (Å²) >= 11 is 0. The second-order valence-electron chi connectivity index (χ2n) is 13.3. The van der Waals surface area contributed by atoms with Crippen molar-refractivity contribution < 1.29 is 0 Å². The Labute approximate surface area is 247 Å². The number of hydrogen-bond acceptors (Lipinski definition) is 2. The van der Waals surface area contributed by atoms with Crippen molar-refractivity contribution in [1.29, 1.82) is 0 Å². The summed E-state index contributed by atoms with van der Waals surface area (Å²) < 4.78 is 2.33. The quantitative estimate of drug-likeness (QED) is 0.239. The van der Waals surface area contributed by atoms with Crippen LogP contribution in [0.4, 0.5) is 0 Å². The zero-order chi connectivity index (χ0) is 29.2. The second kappa shape index (κ2) is 9.42. The number of H-pyrrole nitrogens is 1. The van der Waals surface area contributed by atoms with Gasteiger partial charge in [0.2, 0.25) is 0 Å². The van der Waals surface area contributed by atoms with Gasteiger partial charge in [0.1, 0.15) is 11.5 Å². The Hall–Kier alpha value is -4.70. The van der Waals surface area contributed by atoms with E-state index in [0.717, 1.165) is 44.9 Å². The van der Waals surface area contributed by atoms with Crippen LogP contribution in [0.3, 0.4) is 0 Å². The maximum absolute atomic E-state index is 5.39. The van der Waals surface area contributed by atoms with E-state index >= 15 is 0 Å². The normalized spacial score (nSPS) is 12.5. The van der Waals surface area contributed by atoms with Crippen molar-refractivity contribution in [2.24, 2.45) is 0 Å². The van der Waals surface area contributed by atoms with Crippen molar-refractivity contribution in [2.75, 3.05) is 0 Å². The van der Waals surface area contributed by atoms with E-state index in [1.807, 2.05) is 24.4 Å². The molecular weight excluding hydrogens is 512 g/mol. The lowest BCUT2D eigenvalue weighted by atomic mass is 9.86.